The molecule has 3 atom stereocenters. The standard InChI is InChI=1S/C13H17NO3/c1-2-7-17-13(16)11-8-9-5-3-4-6-10(9)12(15)14-11/h2,4,6,9-11H,1,3,5,7-8H2,(H,14,15)/t9-,10+,11?/m0/s1. The zero-order valence-corrected chi connectivity index (χ0v) is 9.72. The van der Waals surface area contributed by atoms with Crippen LogP contribution in [-0.2, 0) is 14.3 Å². The van der Waals surface area contributed by atoms with E-state index in [-0.39, 0.29) is 30.3 Å². The Bertz CT molecular complexity index is 362. The zero-order valence-electron chi connectivity index (χ0n) is 9.72. The fourth-order valence-corrected chi connectivity index (χ4v) is 2.48. The molecule has 0 radical (unpaired) electrons. The number of nitrogens with one attached hydrogen (secondary N) is 1. The smallest absolute Gasteiger partial charge is 0.328 e. The van der Waals surface area contributed by atoms with Crippen LogP contribution in [0.4, 0.5) is 0 Å². The molecule has 0 aromatic rings. The molecule has 4 heteroatoms. The molecular weight excluding hydrogens is 218 g/mol. The molecular formula is C13H17NO3. The van der Waals surface area contributed by atoms with Crippen molar-refractivity contribution >= 4 is 11.9 Å². The fourth-order valence-electron chi connectivity index (χ4n) is 2.48. The van der Waals surface area contributed by atoms with Gasteiger partial charge in [0.1, 0.15) is 12.6 Å². The number of allylic oxidation sites excluding steroid dienone is 1. The summed E-state index contributed by atoms with van der Waals surface area (Å²) in [4.78, 5) is 23.5. The van der Waals surface area contributed by atoms with Gasteiger partial charge in [0.15, 0.2) is 0 Å². The van der Waals surface area contributed by atoms with Crippen molar-refractivity contribution < 1.29 is 14.3 Å². The van der Waals surface area contributed by atoms with E-state index in [0.29, 0.717) is 6.42 Å². The van der Waals surface area contributed by atoms with Gasteiger partial charge in [0, 0.05) is 0 Å². The number of hydrogen-bond acceptors (Lipinski definition) is 3. The third kappa shape index (κ3) is 2.57. The first kappa shape index (κ1) is 11.9. The van der Waals surface area contributed by atoms with Crippen molar-refractivity contribution in [1.29, 1.82) is 0 Å². The number of rotatable bonds is 3. The van der Waals surface area contributed by atoms with Crippen LogP contribution in [0.3, 0.4) is 0 Å². The van der Waals surface area contributed by atoms with Gasteiger partial charge in [-0.15, -0.1) is 0 Å². The van der Waals surface area contributed by atoms with Gasteiger partial charge in [-0.05, 0) is 25.2 Å². The third-order valence-electron chi connectivity index (χ3n) is 3.34. The molecule has 0 aromatic heterocycles. The second kappa shape index (κ2) is 5.17. The first-order valence-electron chi connectivity index (χ1n) is 5.97. The topological polar surface area (TPSA) is 55.4 Å². The van der Waals surface area contributed by atoms with Gasteiger partial charge in [-0.2, -0.15) is 0 Å². The maximum absolute atomic E-state index is 11.8. The number of piperidine rings is 1. The first-order chi connectivity index (χ1) is 8.22. The normalized spacial score (nSPS) is 31.3. The van der Waals surface area contributed by atoms with E-state index >= 15 is 0 Å². The monoisotopic (exact) mass is 235 g/mol. The van der Waals surface area contributed by atoms with E-state index in [1.54, 1.807) is 0 Å². The average molecular weight is 235 g/mol. The molecule has 0 bridgehead atoms. The number of carbonyl (C=O) groups is 2. The summed E-state index contributed by atoms with van der Waals surface area (Å²) < 4.78 is 4.97. The quantitative estimate of drug-likeness (QED) is 0.590. The van der Waals surface area contributed by atoms with Crippen LogP contribution in [0.2, 0.25) is 0 Å². The second-order valence-electron chi connectivity index (χ2n) is 4.51. The molecule has 0 spiro atoms. The molecule has 0 aromatic carbocycles. The zero-order chi connectivity index (χ0) is 12.3. The van der Waals surface area contributed by atoms with Gasteiger partial charge in [-0.25, -0.2) is 4.79 Å². The van der Waals surface area contributed by atoms with Crippen LogP contribution in [-0.4, -0.2) is 24.5 Å². The van der Waals surface area contributed by atoms with Gasteiger partial charge in [0.25, 0.3) is 0 Å². The molecule has 1 saturated heterocycles. The van der Waals surface area contributed by atoms with Gasteiger partial charge < -0.3 is 10.1 Å². The Labute approximate surface area is 101 Å². The molecule has 1 aliphatic carbocycles. The van der Waals surface area contributed by atoms with Crippen molar-refractivity contribution in [3.63, 3.8) is 0 Å². The maximum atomic E-state index is 11.8. The number of ether oxygens (including phenoxy) is 1. The number of esters is 1. The Balaban J connectivity index is 1.99. The van der Waals surface area contributed by atoms with Crippen LogP contribution in [0.1, 0.15) is 19.3 Å². The van der Waals surface area contributed by atoms with Crippen LogP contribution < -0.4 is 5.32 Å². The van der Waals surface area contributed by atoms with Crippen LogP contribution in [0.5, 0.6) is 0 Å². The van der Waals surface area contributed by atoms with Gasteiger partial charge >= 0.3 is 5.97 Å². The molecule has 1 amide bonds. The van der Waals surface area contributed by atoms with Gasteiger partial charge in [-0.3, -0.25) is 4.79 Å². The highest BCUT2D eigenvalue weighted by Gasteiger charge is 2.38. The minimum atomic E-state index is -0.491. The lowest BCUT2D eigenvalue weighted by Gasteiger charge is -2.35. The van der Waals surface area contributed by atoms with Crippen molar-refractivity contribution in [3.8, 4) is 0 Å². The lowest BCUT2D eigenvalue weighted by molar-refractivity contribution is -0.150. The molecule has 1 unspecified atom stereocenters. The molecule has 17 heavy (non-hydrogen) atoms. The Hall–Kier alpha value is -1.58. The van der Waals surface area contributed by atoms with E-state index in [1.165, 1.54) is 6.08 Å². The molecule has 92 valence electrons. The molecule has 1 aliphatic heterocycles. The Morgan fingerprint density at radius 3 is 3.24 bits per heavy atom. The highest BCUT2D eigenvalue weighted by Crippen LogP contribution is 2.32. The minimum Gasteiger partial charge on any atom is -0.460 e. The summed E-state index contributed by atoms with van der Waals surface area (Å²) in [6, 6.07) is -0.491. The summed E-state index contributed by atoms with van der Waals surface area (Å²) >= 11 is 0. The molecule has 0 saturated carbocycles. The van der Waals surface area contributed by atoms with Crippen molar-refractivity contribution in [3.05, 3.63) is 24.8 Å². The average Bonchev–Trinajstić information content (AvgIpc) is 2.36. The number of fused-ring (bicyclic) bond motifs is 1. The number of carbonyl (C=O) groups excluding carboxylic acids is 2. The third-order valence-corrected chi connectivity index (χ3v) is 3.34. The SMILES string of the molecule is C=CCOC(=O)C1C[C@@H]2CCC=C[C@H]2C(=O)N1. The van der Waals surface area contributed by atoms with E-state index in [9.17, 15) is 9.59 Å². The van der Waals surface area contributed by atoms with Crippen molar-refractivity contribution in [2.45, 2.75) is 25.3 Å². The maximum Gasteiger partial charge on any atom is 0.328 e. The van der Waals surface area contributed by atoms with Crippen molar-refractivity contribution in [2.75, 3.05) is 6.61 Å². The summed E-state index contributed by atoms with van der Waals surface area (Å²) in [5.41, 5.74) is 0. The summed E-state index contributed by atoms with van der Waals surface area (Å²) in [6.07, 6.45) is 8.15. The molecule has 1 heterocycles. The fraction of sp³-hybridized carbons (Fsp3) is 0.538. The Kier molecular flexibility index (Phi) is 3.61. The largest absolute Gasteiger partial charge is 0.460 e. The second-order valence-corrected chi connectivity index (χ2v) is 4.51. The van der Waals surface area contributed by atoms with Crippen LogP contribution >= 0.6 is 0 Å². The van der Waals surface area contributed by atoms with Crippen molar-refractivity contribution in [2.24, 2.45) is 11.8 Å². The van der Waals surface area contributed by atoms with E-state index < -0.39 is 6.04 Å². The Morgan fingerprint density at radius 1 is 1.65 bits per heavy atom. The predicted molar refractivity (Wildman–Crippen MR) is 63.1 cm³/mol. The minimum absolute atomic E-state index is 0.0576. The lowest BCUT2D eigenvalue weighted by Crippen LogP contribution is -2.52. The van der Waals surface area contributed by atoms with Gasteiger partial charge in [0.2, 0.25) is 5.91 Å². The predicted octanol–water partition coefficient (Wildman–Crippen LogP) is 1.19. The van der Waals surface area contributed by atoms with E-state index in [4.69, 9.17) is 4.74 Å². The summed E-state index contributed by atoms with van der Waals surface area (Å²) in [6.45, 7) is 3.68. The van der Waals surface area contributed by atoms with Gasteiger partial charge in [-0.1, -0.05) is 24.8 Å². The number of hydrogen-bond donors (Lipinski definition) is 1. The summed E-state index contributed by atoms with van der Waals surface area (Å²) in [5, 5.41) is 2.73. The van der Waals surface area contributed by atoms with Gasteiger partial charge in [0.05, 0.1) is 5.92 Å². The van der Waals surface area contributed by atoms with E-state index in [1.807, 2.05) is 12.2 Å². The highest BCUT2D eigenvalue weighted by atomic mass is 16.5. The highest BCUT2D eigenvalue weighted by molar-refractivity contribution is 5.88. The molecule has 1 fully saturated rings. The van der Waals surface area contributed by atoms with Crippen LogP contribution in [0.15, 0.2) is 24.8 Å². The molecule has 1 N–H and O–H groups in total. The lowest BCUT2D eigenvalue weighted by atomic mass is 9.76. The van der Waals surface area contributed by atoms with E-state index in [0.717, 1.165) is 12.8 Å². The summed E-state index contributed by atoms with van der Waals surface area (Å²) in [7, 11) is 0. The van der Waals surface area contributed by atoms with E-state index in [2.05, 4.69) is 11.9 Å². The van der Waals surface area contributed by atoms with Crippen LogP contribution in [0, 0.1) is 11.8 Å². The number of amides is 1. The molecule has 2 rings (SSSR count). The Morgan fingerprint density at radius 2 is 2.47 bits per heavy atom. The molecule has 4 nitrogen and oxygen atoms in total. The van der Waals surface area contributed by atoms with Crippen LogP contribution in [0.25, 0.3) is 0 Å². The summed E-state index contributed by atoms with van der Waals surface area (Å²) in [5.74, 6) is -0.203. The first-order valence-corrected chi connectivity index (χ1v) is 5.97. The van der Waals surface area contributed by atoms with Crippen molar-refractivity contribution in [1.82, 2.24) is 5.32 Å². The molecule has 2 aliphatic rings.